The number of hydrogen-bond donors (Lipinski definition) is 1. The van der Waals surface area contributed by atoms with E-state index in [9.17, 15) is 0 Å². The third kappa shape index (κ3) is 3.70. The quantitative estimate of drug-likeness (QED) is 0.742. The summed E-state index contributed by atoms with van der Waals surface area (Å²) in [5.74, 6) is 0.982. The first kappa shape index (κ1) is 12.8. The fourth-order valence-corrected chi connectivity index (χ4v) is 1.52. The molecule has 2 heteroatoms. The Balaban J connectivity index is 2.80. The summed E-state index contributed by atoms with van der Waals surface area (Å²) in [5.41, 5.74) is 2.38. The highest BCUT2D eigenvalue weighted by Gasteiger charge is 2.06. The van der Waals surface area contributed by atoms with Crippen LogP contribution in [0.5, 0.6) is 5.75 Å². The van der Waals surface area contributed by atoms with Gasteiger partial charge in [-0.3, -0.25) is 0 Å². The number of benzene rings is 1. The van der Waals surface area contributed by atoms with Gasteiger partial charge in [0.2, 0.25) is 0 Å². The fourth-order valence-electron chi connectivity index (χ4n) is 1.52. The van der Waals surface area contributed by atoms with E-state index in [2.05, 4.69) is 50.9 Å². The van der Waals surface area contributed by atoms with Crippen molar-refractivity contribution in [1.82, 2.24) is 5.32 Å². The van der Waals surface area contributed by atoms with Gasteiger partial charge in [-0.1, -0.05) is 44.7 Å². The van der Waals surface area contributed by atoms with E-state index in [1.807, 2.05) is 0 Å². The molecule has 0 heterocycles. The standard InChI is InChI=1S/C14H21NO/c1-5-9-16-14-12(4)7-6-8-13(14)10-15-11(2)3/h5-8,11,15H,1,9-10H2,2-4H3. The van der Waals surface area contributed by atoms with Crippen LogP contribution in [0, 0.1) is 6.92 Å². The summed E-state index contributed by atoms with van der Waals surface area (Å²) in [6, 6.07) is 6.71. The van der Waals surface area contributed by atoms with Crippen molar-refractivity contribution in [3.05, 3.63) is 42.0 Å². The van der Waals surface area contributed by atoms with Crippen LogP contribution in [0.2, 0.25) is 0 Å². The number of rotatable bonds is 6. The molecule has 0 radical (unpaired) electrons. The molecule has 0 spiro atoms. The first-order valence-electron chi connectivity index (χ1n) is 5.70. The van der Waals surface area contributed by atoms with Crippen LogP contribution < -0.4 is 10.1 Å². The molecule has 0 unspecified atom stereocenters. The molecule has 0 fully saturated rings. The van der Waals surface area contributed by atoms with Crippen molar-refractivity contribution >= 4 is 0 Å². The van der Waals surface area contributed by atoms with Gasteiger partial charge in [0.15, 0.2) is 0 Å². The Hall–Kier alpha value is -1.28. The van der Waals surface area contributed by atoms with Gasteiger partial charge in [0.25, 0.3) is 0 Å². The largest absolute Gasteiger partial charge is 0.489 e. The molecule has 2 nitrogen and oxygen atoms in total. The Morgan fingerprint density at radius 1 is 1.44 bits per heavy atom. The molecule has 0 aliphatic heterocycles. The van der Waals surface area contributed by atoms with Gasteiger partial charge in [-0.25, -0.2) is 0 Å². The second kappa shape index (κ2) is 6.33. The third-order valence-electron chi connectivity index (χ3n) is 2.34. The van der Waals surface area contributed by atoms with E-state index in [1.165, 1.54) is 11.1 Å². The Morgan fingerprint density at radius 3 is 2.81 bits per heavy atom. The second-order valence-electron chi connectivity index (χ2n) is 4.20. The van der Waals surface area contributed by atoms with E-state index < -0.39 is 0 Å². The lowest BCUT2D eigenvalue weighted by atomic mass is 10.1. The highest BCUT2D eigenvalue weighted by molar-refractivity contribution is 5.40. The minimum Gasteiger partial charge on any atom is -0.489 e. The number of aryl methyl sites for hydroxylation is 1. The summed E-state index contributed by atoms with van der Waals surface area (Å²) < 4.78 is 5.69. The average Bonchev–Trinajstić information content (AvgIpc) is 2.25. The lowest BCUT2D eigenvalue weighted by Crippen LogP contribution is -2.22. The Kier molecular flexibility index (Phi) is 5.06. The molecule has 0 saturated carbocycles. The predicted octanol–water partition coefficient (Wildman–Crippen LogP) is 3.06. The molecular formula is C14H21NO. The van der Waals surface area contributed by atoms with Crippen molar-refractivity contribution in [2.24, 2.45) is 0 Å². The van der Waals surface area contributed by atoms with Crippen LogP contribution in [0.4, 0.5) is 0 Å². The number of para-hydroxylation sites is 1. The van der Waals surface area contributed by atoms with Gasteiger partial charge in [0, 0.05) is 18.2 Å². The minimum absolute atomic E-state index is 0.479. The molecule has 1 N–H and O–H groups in total. The first-order chi connectivity index (χ1) is 7.65. The normalized spacial score (nSPS) is 10.5. The molecule has 1 aromatic rings. The van der Waals surface area contributed by atoms with E-state index in [-0.39, 0.29) is 0 Å². The maximum Gasteiger partial charge on any atom is 0.127 e. The molecule has 1 rings (SSSR count). The molecule has 0 aliphatic carbocycles. The van der Waals surface area contributed by atoms with Crippen molar-refractivity contribution in [3.63, 3.8) is 0 Å². The predicted molar refractivity (Wildman–Crippen MR) is 68.8 cm³/mol. The van der Waals surface area contributed by atoms with E-state index in [0.29, 0.717) is 12.6 Å². The smallest absolute Gasteiger partial charge is 0.127 e. The monoisotopic (exact) mass is 219 g/mol. The Labute approximate surface area is 98.3 Å². The molecule has 16 heavy (non-hydrogen) atoms. The van der Waals surface area contributed by atoms with Gasteiger partial charge in [-0.2, -0.15) is 0 Å². The van der Waals surface area contributed by atoms with Crippen LogP contribution >= 0.6 is 0 Å². The van der Waals surface area contributed by atoms with Crippen LogP contribution in [-0.2, 0) is 6.54 Å². The maximum absolute atomic E-state index is 5.69. The molecule has 0 amide bonds. The number of ether oxygens (including phenoxy) is 1. The van der Waals surface area contributed by atoms with Crippen LogP contribution in [0.3, 0.4) is 0 Å². The van der Waals surface area contributed by atoms with E-state index in [0.717, 1.165) is 12.3 Å². The lowest BCUT2D eigenvalue weighted by Gasteiger charge is -2.15. The highest BCUT2D eigenvalue weighted by atomic mass is 16.5. The SMILES string of the molecule is C=CCOc1c(C)cccc1CNC(C)C. The second-order valence-corrected chi connectivity index (χ2v) is 4.20. The van der Waals surface area contributed by atoms with Gasteiger partial charge in [-0.15, -0.1) is 0 Å². The average molecular weight is 219 g/mol. The van der Waals surface area contributed by atoms with Gasteiger partial charge >= 0.3 is 0 Å². The van der Waals surface area contributed by atoms with Crippen LogP contribution in [0.15, 0.2) is 30.9 Å². The van der Waals surface area contributed by atoms with Crippen LogP contribution in [0.25, 0.3) is 0 Å². The molecule has 0 atom stereocenters. The first-order valence-corrected chi connectivity index (χ1v) is 5.70. The molecule has 0 bridgehead atoms. The summed E-state index contributed by atoms with van der Waals surface area (Å²) in [4.78, 5) is 0. The maximum atomic E-state index is 5.69. The number of hydrogen-bond acceptors (Lipinski definition) is 2. The van der Waals surface area contributed by atoms with Crippen molar-refractivity contribution in [3.8, 4) is 5.75 Å². The summed E-state index contributed by atoms with van der Waals surface area (Å²) in [6.07, 6.45) is 1.77. The summed E-state index contributed by atoms with van der Waals surface area (Å²) >= 11 is 0. The van der Waals surface area contributed by atoms with E-state index in [1.54, 1.807) is 6.08 Å². The molecule has 0 aliphatic rings. The summed E-state index contributed by atoms with van der Waals surface area (Å²) in [5, 5.41) is 3.40. The molecule has 0 saturated heterocycles. The van der Waals surface area contributed by atoms with Crippen molar-refractivity contribution in [2.45, 2.75) is 33.4 Å². The molecular weight excluding hydrogens is 198 g/mol. The fraction of sp³-hybridized carbons (Fsp3) is 0.429. The summed E-state index contributed by atoms with van der Waals surface area (Å²) in [7, 11) is 0. The van der Waals surface area contributed by atoms with Crippen molar-refractivity contribution < 1.29 is 4.74 Å². The lowest BCUT2D eigenvalue weighted by molar-refractivity contribution is 0.354. The molecule has 0 aromatic heterocycles. The van der Waals surface area contributed by atoms with Crippen molar-refractivity contribution in [2.75, 3.05) is 6.61 Å². The zero-order valence-electron chi connectivity index (χ0n) is 10.4. The Bertz CT molecular complexity index is 345. The molecule has 88 valence electrons. The highest BCUT2D eigenvalue weighted by Crippen LogP contribution is 2.23. The van der Waals surface area contributed by atoms with E-state index >= 15 is 0 Å². The summed E-state index contributed by atoms with van der Waals surface area (Å²) in [6.45, 7) is 11.4. The zero-order valence-corrected chi connectivity index (χ0v) is 10.4. The van der Waals surface area contributed by atoms with E-state index in [4.69, 9.17) is 4.74 Å². The topological polar surface area (TPSA) is 21.3 Å². The minimum atomic E-state index is 0.479. The Morgan fingerprint density at radius 2 is 2.19 bits per heavy atom. The van der Waals surface area contributed by atoms with Gasteiger partial charge in [-0.05, 0) is 12.5 Å². The van der Waals surface area contributed by atoms with Crippen LogP contribution in [0.1, 0.15) is 25.0 Å². The molecule has 1 aromatic carbocycles. The van der Waals surface area contributed by atoms with Gasteiger partial charge in [0.1, 0.15) is 12.4 Å². The number of nitrogens with one attached hydrogen (secondary N) is 1. The van der Waals surface area contributed by atoms with Crippen LogP contribution in [-0.4, -0.2) is 12.6 Å². The third-order valence-corrected chi connectivity index (χ3v) is 2.34. The zero-order chi connectivity index (χ0) is 12.0. The van der Waals surface area contributed by atoms with Gasteiger partial charge < -0.3 is 10.1 Å². The van der Waals surface area contributed by atoms with Crippen molar-refractivity contribution in [1.29, 1.82) is 0 Å². The van der Waals surface area contributed by atoms with Gasteiger partial charge in [0.05, 0.1) is 0 Å².